The molecule has 1 heterocycles. The molecule has 0 fully saturated rings. The molecule has 0 bridgehead atoms. The Morgan fingerprint density at radius 2 is 1.76 bits per heavy atom. The van der Waals surface area contributed by atoms with Gasteiger partial charge in [-0.25, -0.2) is 12.8 Å². The number of pyridine rings is 1. The lowest BCUT2D eigenvalue weighted by atomic mass is 10.1. The van der Waals surface area contributed by atoms with Crippen molar-refractivity contribution in [1.82, 2.24) is 10.3 Å². The van der Waals surface area contributed by atoms with Crippen LogP contribution in [0.15, 0.2) is 78.0 Å². The molecule has 0 aliphatic carbocycles. The molecule has 1 N–H and O–H groups in total. The summed E-state index contributed by atoms with van der Waals surface area (Å²) >= 11 is 0. The highest BCUT2D eigenvalue weighted by Crippen LogP contribution is 2.26. The first kappa shape index (κ1) is 23.9. The minimum Gasteiger partial charge on any atom is -0.344 e. The summed E-state index contributed by atoms with van der Waals surface area (Å²) in [7, 11) is -4.10. The molecular formula is C22H18F3N3O4S. The van der Waals surface area contributed by atoms with Gasteiger partial charge in [0.1, 0.15) is 10.7 Å². The van der Waals surface area contributed by atoms with Gasteiger partial charge in [0, 0.05) is 18.0 Å². The fourth-order valence-corrected chi connectivity index (χ4v) is 4.29. The molecule has 11 heteroatoms. The third-order valence-corrected chi connectivity index (χ3v) is 6.30. The van der Waals surface area contributed by atoms with E-state index in [4.69, 9.17) is 0 Å². The molecule has 7 nitrogen and oxygen atoms in total. The Morgan fingerprint density at radius 3 is 2.36 bits per heavy atom. The molecular weight excluding hydrogens is 459 g/mol. The van der Waals surface area contributed by atoms with Gasteiger partial charge in [0.2, 0.25) is 0 Å². The number of amides is 1. The van der Waals surface area contributed by atoms with E-state index in [9.17, 15) is 31.2 Å². The maximum atomic E-state index is 13.8. The Morgan fingerprint density at radius 1 is 1.03 bits per heavy atom. The molecule has 2 aromatic carbocycles. The van der Waals surface area contributed by atoms with Crippen LogP contribution >= 0.6 is 0 Å². The maximum absolute atomic E-state index is 13.8. The van der Waals surface area contributed by atoms with Gasteiger partial charge in [-0.2, -0.15) is 8.78 Å². The predicted molar refractivity (Wildman–Crippen MR) is 114 cm³/mol. The molecule has 172 valence electrons. The zero-order valence-corrected chi connectivity index (χ0v) is 17.8. The van der Waals surface area contributed by atoms with Gasteiger partial charge in [-0.1, -0.05) is 30.3 Å². The van der Waals surface area contributed by atoms with Crippen LogP contribution in [-0.4, -0.2) is 38.1 Å². The molecule has 1 amide bonds. The van der Waals surface area contributed by atoms with E-state index in [0.29, 0.717) is 5.56 Å². The van der Waals surface area contributed by atoms with E-state index in [1.807, 2.05) is 5.32 Å². The minimum atomic E-state index is -4.10. The van der Waals surface area contributed by atoms with Gasteiger partial charge in [0.05, 0.1) is 18.8 Å². The summed E-state index contributed by atoms with van der Waals surface area (Å²) in [6.07, 6.45) is -0.627. The number of halogens is 3. The fraction of sp³-hybridized carbons (Fsp3) is 0.136. The number of carbonyl (C=O) groups is 2. The molecule has 33 heavy (non-hydrogen) atoms. The van der Waals surface area contributed by atoms with Crippen LogP contribution in [-0.2, 0) is 21.4 Å². The lowest BCUT2D eigenvalue weighted by Gasteiger charge is -2.24. The fourth-order valence-electron chi connectivity index (χ4n) is 2.88. The Hall–Kier alpha value is -3.73. The summed E-state index contributed by atoms with van der Waals surface area (Å²) in [5, 5.41) is 1.82. The van der Waals surface area contributed by atoms with Gasteiger partial charge in [0.15, 0.2) is 5.78 Å². The van der Waals surface area contributed by atoms with Crippen LogP contribution in [0.5, 0.6) is 0 Å². The number of benzene rings is 2. The molecule has 0 aliphatic heterocycles. The highest BCUT2D eigenvalue weighted by atomic mass is 32.2. The number of ketones is 1. The van der Waals surface area contributed by atoms with Gasteiger partial charge >= 0.3 is 6.43 Å². The number of aromatic nitrogens is 1. The van der Waals surface area contributed by atoms with Gasteiger partial charge in [-0.05, 0) is 35.9 Å². The molecule has 0 saturated carbocycles. The van der Waals surface area contributed by atoms with Crippen LogP contribution < -0.4 is 9.62 Å². The Bertz CT molecular complexity index is 1240. The van der Waals surface area contributed by atoms with E-state index >= 15 is 0 Å². The number of Topliss-reactive ketones (excluding diaryl/α,β-unsaturated/α-hetero) is 1. The average Bonchev–Trinajstić information content (AvgIpc) is 2.81. The van der Waals surface area contributed by atoms with E-state index in [1.165, 1.54) is 67.0 Å². The lowest BCUT2D eigenvalue weighted by molar-refractivity contribution is -0.131. The number of anilines is 1. The van der Waals surface area contributed by atoms with Crippen LogP contribution in [0.1, 0.15) is 15.9 Å². The van der Waals surface area contributed by atoms with Gasteiger partial charge in [-0.15, -0.1) is 0 Å². The Balaban J connectivity index is 1.85. The Labute approximate surface area is 187 Å². The van der Waals surface area contributed by atoms with Crippen molar-refractivity contribution in [2.45, 2.75) is 17.9 Å². The number of carbonyl (C=O) groups excluding carboxylic acids is 2. The maximum Gasteiger partial charge on any atom is 0.315 e. The van der Waals surface area contributed by atoms with E-state index in [-0.39, 0.29) is 22.7 Å². The van der Waals surface area contributed by atoms with Crippen molar-refractivity contribution < 1.29 is 31.2 Å². The summed E-state index contributed by atoms with van der Waals surface area (Å²) in [6, 6.07) is 13.6. The molecule has 0 radical (unpaired) electrons. The van der Waals surface area contributed by atoms with Crippen molar-refractivity contribution in [2.24, 2.45) is 0 Å². The second-order valence-corrected chi connectivity index (χ2v) is 8.68. The van der Waals surface area contributed by atoms with Crippen LogP contribution in [0.2, 0.25) is 0 Å². The molecule has 0 unspecified atom stereocenters. The molecule has 0 spiro atoms. The monoisotopic (exact) mass is 477 g/mol. The molecule has 0 aliphatic rings. The summed E-state index contributed by atoms with van der Waals surface area (Å²) in [6.45, 7) is -0.787. The third-order valence-electron chi connectivity index (χ3n) is 4.54. The molecule has 0 saturated heterocycles. The van der Waals surface area contributed by atoms with Crippen LogP contribution in [0.4, 0.5) is 18.9 Å². The Kier molecular flexibility index (Phi) is 7.44. The zero-order valence-electron chi connectivity index (χ0n) is 17.0. The van der Waals surface area contributed by atoms with E-state index in [2.05, 4.69) is 4.98 Å². The first-order valence-corrected chi connectivity index (χ1v) is 11.0. The standard InChI is InChI=1S/C22H18F3N3O4S/c23-17-3-1-4-18(11-17)28(33(31,32)19-5-2-10-26-12-19)14-15-6-8-16(9-7-15)20(29)13-27-22(30)21(24)25/h1-12,21H,13-14H2,(H,27,30). The highest BCUT2D eigenvalue weighted by Gasteiger charge is 2.26. The molecule has 3 rings (SSSR count). The van der Waals surface area contributed by atoms with E-state index in [1.54, 1.807) is 0 Å². The van der Waals surface area contributed by atoms with Crippen LogP contribution in [0.3, 0.4) is 0 Å². The smallest absolute Gasteiger partial charge is 0.315 e. The van der Waals surface area contributed by atoms with Gasteiger partial charge in [0.25, 0.3) is 15.9 Å². The number of hydrogen-bond acceptors (Lipinski definition) is 5. The first-order chi connectivity index (χ1) is 15.7. The van der Waals surface area contributed by atoms with Crippen molar-refractivity contribution in [3.8, 4) is 0 Å². The molecule has 3 aromatic rings. The van der Waals surface area contributed by atoms with Crippen molar-refractivity contribution >= 4 is 27.4 Å². The van der Waals surface area contributed by atoms with Crippen molar-refractivity contribution in [1.29, 1.82) is 0 Å². The van der Waals surface area contributed by atoms with Crippen LogP contribution in [0.25, 0.3) is 0 Å². The lowest BCUT2D eigenvalue weighted by Crippen LogP contribution is -2.34. The van der Waals surface area contributed by atoms with Gasteiger partial charge in [-0.3, -0.25) is 18.9 Å². The minimum absolute atomic E-state index is 0.0872. The third kappa shape index (κ3) is 5.95. The largest absolute Gasteiger partial charge is 0.344 e. The van der Waals surface area contributed by atoms with Crippen LogP contribution in [0, 0.1) is 5.82 Å². The number of nitrogens with zero attached hydrogens (tertiary/aromatic N) is 2. The van der Waals surface area contributed by atoms with Crippen molar-refractivity contribution in [3.05, 3.63) is 90.0 Å². The molecule has 0 atom stereocenters. The summed E-state index contributed by atoms with van der Waals surface area (Å²) in [5.74, 6) is -2.77. The number of alkyl halides is 2. The number of hydrogen-bond donors (Lipinski definition) is 1. The second kappa shape index (κ2) is 10.3. The highest BCUT2D eigenvalue weighted by molar-refractivity contribution is 7.92. The van der Waals surface area contributed by atoms with Crippen molar-refractivity contribution in [3.63, 3.8) is 0 Å². The number of rotatable bonds is 9. The zero-order chi connectivity index (χ0) is 24.0. The first-order valence-electron chi connectivity index (χ1n) is 9.55. The number of nitrogens with one attached hydrogen (secondary N) is 1. The van der Waals surface area contributed by atoms with Gasteiger partial charge < -0.3 is 5.32 Å². The molecule has 1 aromatic heterocycles. The van der Waals surface area contributed by atoms with E-state index in [0.717, 1.165) is 10.4 Å². The summed E-state index contributed by atoms with van der Waals surface area (Å²) in [4.78, 5) is 26.8. The second-order valence-electron chi connectivity index (χ2n) is 6.82. The summed E-state index contributed by atoms with van der Waals surface area (Å²) < 4.78 is 65.8. The quantitative estimate of drug-likeness (QED) is 0.478. The normalized spacial score (nSPS) is 11.3. The topological polar surface area (TPSA) is 96.4 Å². The predicted octanol–water partition coefficient (Wildman–Crippen LogP) is 3.18. The number of sulfonamides is 1. The summed E-state index contributed by atoms with van der Waals surface area (Å²) in [5.41, 5.74) is 0.703. The average molecular weight is 477 g/mol. The van der Waals surface area contributed by atoms with E-state index < -0.39 is 40.5 Å². The SMILES string of the molecule is O=C(CNC(=O)C(F)F)c1ccc(CN(c2cccc(F)c2)S(=O)(=O)c2cccnc2)cc1. The van der Waals surface area contributed by atoms with Crippen molar-refractivity contribution in [2.75, 3.05) is 10.8 Å².